The molecule has 3 aromatic carbocycles. The van der Waals surface area contributed by atoms with E-state index in [-0.39, 0.29) is 17.0 Å². The van der Waals surface area contributed by atoms with Crippen molar-refractivity contribution in [3.63, 3.8) is 0 Å². The van der Waals surface area contributed by atoms with Crippen molar-refractivity contribution in [3.8, 4) is 11.5 Å². The summed E-state index contributed by atoms with van der Waals surface area (Å²) in [6.45, 7) is -0.321. The lowest BCUT2D eigenvalue weighted by Crippen LogP contribution is -2.31. The van der Waals surface area contributed by atoms with Crippen molar-refractivity contribution < 1.29 is 26.7 Å². The van der Waals surface area contributed by atoms with Gasteiger partial charge in [0.2, 0.25) is 0 Å². The van der Waals surface area contributed by atoms with Crippen LogP contribution in [0.15, 0.2) is 71.6 Å². The Balaban J connectivity index is 2.10. The van der Waals surface area contributed by atoms with Crippen LogP contribution in [0.3, 0.4) is 0 Å². The third-order valence-electron chi connectivity index (χ3n) is 4.32. The topological polar surface area (TPSA) is 55.8 Å². The highest BCUT2D eigenvalue weighted by Crippen LogP contribution is 2.29. The predicted molar refractivity (Wildman–Crippen MR) is 106 cm³/mol. The fourth-order valence-electron chi connectivity index (χ4n) is 2.76. The van der Waals surface area contributed by atoms with Gasteiger partial charge in [-0.1, -0.05) is 12.1 Å². The Bertz CT molecular complexity index is 1100. The maximum atomic E-state index is 14.3. The molecule has 0 saturated heterocycles. The molecule has 0 spiro atoms. The molecule has 5 nitrogen and oxygen atoms in total. The van der Waals surface area contributed by atoms with E-state index in [1.165, 1.54) is 32.4 Å². The van der Waals surface area contributed by atoms with Crippen LogP contribution in [0.25, 0.3) is 0 Å². The van der Waals surface area contributed by atoms with E-state index in [1.807, 2.05) is 0 Å². The number of anilines is 1. The quantitative estimate of drug-likeness (QED) is 0.570. The first-order chi connectivity index (χ1) is 13.8. The number of nitrogens with zero attached hydrogens (tertiary/aromatic N) is 1. The lowest BCUT2D eigenvalue weighted by molar-refractivity contribution is 0.413. The van der Waals surface area contributed by atoms with Crippen LogP contribution in [-0.4, -0.2) is 22.6 Å². The van der Waals surface area contributed by atoms with Gasteiger partial charge >= 0.3 is 0 Å². The van der Waals surface area contributed by atoms with Crippen LogP contribution in [0, 0.1) is 11.6 Å². The fourth-order valence-corrected chi connectivity index (χ4v) is 4.24. The normalized spacial score (nSPS) is 11.2. The second kappa shape index (κ2) is 8.48. The molecule has 8 heteroatoms. The molecule has 3 aromatic rings. The third-order valence-corrected chi connectivity index (χ3v) is 6.09. The van der Waals surface area contributed by atoms with Crippen LogP contribution in [0.5, 0.6) is 11.5 Å². The van der Waals surface area contributed by atoms with E-state index >= 15 is 0 Å². The van der Waals surface area contributed by atoms with Crippen molar-refractivity contribution in [2.45, 2.75) is 11.4 Å². The van der Waals surface area contributed by atoms with E-state index in [9.17, 15) is 17.2 Å². The molecule has 0 fully saturated rings. The summed E-state index contributed by atoms with van der Waals surface area (Å²) in [5.74, 6) is -0.656. The van der Waals surface area contributed by atoms with Gasteiger partial charge in [-0.2, -0.15) is 0 Å². The largest absolute Gasteiger partial charge is 0.497 e. The van der Waals surface area contributed by atoms with Crippen LogP contribution < -0.4 is 13.8 Å². The van der Waals surface area contributed by atoms with Crippen molar-refractivity contribution in [1.82, 2.24) is 0 Å². The first-order valence-corrected chi connectivity index (χ1v) is 10.0. The standard InChI is InChI=1S/C21H19F2NO4S/c1-27-18-10-8-17(9-11-18)24(14-15-6-7-16(22)12-21(15)23)29(25,26)20-5-3-4-19(13-20)28-2/h3-13H,14H2,1-2H3. The zero-order valence-electron chi connectivity index (χ0n) is 15.8. The molecular weight excluding hydrogens is 400 g/mol. The van der Waals surface area contributed by atoms with E-state index in [0.717, 1.165) is 16.4 Å². The number of hydrogen-bond donors (Lipinski definition) is 0. The predicted octanol–water partition coefficient (Wildman–Crippen LogP) is 4.38. The molecule has 0 bridgehead atoms. The van der Waals surface area contributed by atoms with Crippen molar-refractivity contribution in [2.75, 3.05) is 18.5 Å². The Hall–Kier alpha value is -3.13. The number of hydrogen-bond acceptors (Lipinski definition) is 4. The summed E-state index contributed by atoms with van der Waals surface area (Å²) in [4.78, 5) is -0.0183. The maximum absolute atomic E-state index is 14.3. The number of ether oxygens (including phenoxy) is 2. The fraction of sp³-hybridized carbons (Fsp3) is 0.143. The van der Waals surface area contributed by atoms with Gasteiger partial charge in [-0.3, -0.25) is 4.31 Å². The van der Waals surface area contributed by atoms with E-state index in [1.54, 1.807) is 36.4 Å². The number of methoxy groups -OCH3 is 2. The van der Waals surface area contributed by atoms with Crippen molar-refractivity contribution >= 4 is 15.7 Å². The second-order valence-corrected chi connectivity index (χ2v) is 7.99. The monoisotopic (exact) mass is 419 g/mol. The summed E-state index contributed by atoms with van der Waals surface area (Å²) in [5.41, 5.74) is 0.339. The number of benzene rings is 3. The summed E-state index contributed by atoms with van der Waals surface area (Å²) in [6.07, 6.45) is 0. The summed E-state index contributed by atoms with van der Waals surface area (Å²) >= 11 is 0. The number of sulfonamides is 1. The Morgan fingerprint density at radius 3 is 2.17 bits per heavy atom. The minimum absolute atomic E-state index is 0.0183. The van der Waals surface area contributed by atoms with E-state index in [2.05, 4.69) is 0 Å². The molecule has 29 heavy (non-hydrogen) atoms. The highest BCUT2D eigenvalue weighted by Gasteiger charge is 2.27. The minimum Gasteiger partial charge on any atom is -0.497 e. The Morgan fingerprint density at radius 1 is 0.862 bits per heavy atom. The Morgan fingerprint density at radius 2 is 1.55 bits per heavy atom. The van der Waals surface area contributed by atoms with Gasteiger partial charge in [0.15, 0.2) is 0 Å². The van der Waals surface area contributed by atoms with E-state index < -0.39 is 21.7 Å². The van der Waals surface area contributed by atoms with Gasteiger partial charge in [-0.05, 0) is 42.5 Å². The molecule has 0 N–H and O–H groups in total. The maximum Gasteiger partial charge on any atom is 0.264 e. The molecule has 0 atom stereocenters. The smallest absolute Gasteiger partial charge is 0.264 e. The molecule has 0 aliphatic rings. The summed E-state index contributed by atoms with van der Waals surface area (Å²) in [5, 5.41) is 0. The van der Waals surface area contributed by atoms with Crippen LogP contribution >= 0.6 is 0 Å². The number of halogens is 2. The lowest BCUT2D eigenvalue weighted by atomic mass is 10.2. The van der Waals surface area contributed by atoms with Crippen LogP contribution in [-0.2, 0) is 16.6 Å². The van der Waals surface area contributed by atoms with Crippen LogP contribution in [0.2, 0.25) is 0 Å². The zero-order valence-corrected chi connectivity index (χ0v) is 16.6. The van der Waals surface area contributed by atoms with Crippen LogP contribution in [0.1, 0.15) is 5.56 Å². The highest BCUT2D eigenvalue weighted by atomic mass is 32.2. The highest BCUT2D eigenvalue weighted by molar-refractivity contribution is 7.92. The van der Waals surface area contributed by atoms with Gasteiger partial charge in [0.1, 0.15) is 23.1 Å². The van der Waals surface area contributed by atoms with Gasteiger partial charge in [0.25, 0.3) is 10.0 Å². The summed E-state index contributed by atoms with van der Waals surface area (Å²) in [6, 6.07) is 15.3. The molecule has 0 saturated carbocycles. The summed E-state index contributed by atoms with van der Waals surface area (Å²) < 4.78 is 65.6. The molecule has 0 amide bonds. The van der Waals surface area contributed by atoms with Gasteiger partial charge in [0.05, 0.1) is 31.3 Å². The average molecular weight is 419 g/mol. The van der Waals surface area contributed by atoms with Crippen LogP contribution in [0.4, 0.5) is 14.5 Å². The number of rotatable bonds is 7. The Labute approximate surface area is 168 Å². The van der Waals surface area contributed by atoms with Crippen molar-refractivity contribution in [3.05, 3.63) is 83.9 Å². The molecule has 0 unspecified atom stereocenters. The third kappa shape index (κ3) is 4.48. The molecular formula is C21H19F2NO4S. The molecule has 3 rings (SSSR count). The second-order valence-electron chi connectivity index (χ2n) is 6.12. The zero-order chi connectivity index (χ0) is 21.0. The van der Waals surface area contributed by atoms with Gasteiger partial charge in [-0.25, -0.2) is 17.2 Å². The molecule has 0 radical (unpaired) electrons. The lowest BCUT2D eigenvalue weighted by Gasteiger charge is -2.25. The van der Waals surface area contributed by atoms with Crippen molar-refractivity contribution in [2.24, 2.45) is 0 Å². The minimum atomic E-state index is -4.08. The Kier molecular flexibility index (Phi) is 6.03. The van der Waals surface area contributed by atoms with Gasteiger partial charge in [-0.15, -0.1) is 0 Å². The molecule has 152 valence electrons. The molecule has 0 aliphatic heterocycles. The average Bonchev–Trinajstić information content (AvgIpc) is 2.73. The van der Waals surface area contributed by atoms with E-state index in [0.29, 0.717) is 17.2 Å². The first-order valence-electron chi connectivity index (χ1n) is 8.60. The van der Waals surface area contributed by atoms with E-state index in [4.69, 9.17) is 9.47 Å². The first kappa shape index (κ1) is 20.6. The molecule has 0 aromatic heterocycles. The molecule has 0 aliphatic carbocycles. The van der Waals surface area contributed by atoms with Gasteiger partial charge < -0.3 is 9.47 Å². The molecule has 0 heterocycles. The summed E-state index contributed by atoms with van der Waals surface area (Å²) in [7, 11) is -1.15. The van der Waals surface area contributed by atoms with Crippen molar-refractivity contribution in [1.29, 1.82) is 0 Å². The van der Waals surface area contributed by atoms with Gasteiger partial charge in [0, 0.05) is 17.7 Å². The SMILES string of the molecule is COc1ccc(N(Cc2ccc(F)cc2F)S(=O)(=O)c2cccc(OC)c2)cc1.